The highest BCUT2D eigenvalue weighted by atomic mass is 32.2. The van der Waals surface area contributed by atoms with Crippen molar-refractivity contribution >= 4 is 11.8 Å². The molecular weight excluding hydrogens is 244 g/mol. The first-order valence-electron chi connectivity index (χ1n) is 6.06. The van der Waals surface area contributed by atoms with Crippen molar-refractivity contribution in [1.82, 2.24) is 9.97 Å². The smallest absolute Gasteiger partial charge is 0.310 e. The van der Waals surface area contributed by atoms with Crippen molar-refractivity contribution in [3.8, 4) is 11.3 Å². The topological polar surface area (TPSA) is 45.8 Å². The summed E-state index contributed by atoms with van der Waals surface area (Å²) in [6, 6.07) is 8.28. The van der Waals surface area contributed by atoms with E-state index in [-0.39, 0.29) is 5.69 Å². The van der Waals surface area contributed by atoms with Crippen molar-refractivity contribution in [3.63, 3.8) is 0 Å². The molecule has 1 N–H and O–H groups in total. The average Bonchev–Trinajstić information content (AvgIpc) is 2.37. The predicted octanol–water partition coefficient (Wildman–Crippen LogP) is 2.78. The summed E-state index contributed by atoms with van der Waals surface area (Å²) in [7, 11) is 0. The third-order valence-electron chi connectivity index (χ3n) is 3.08. The molecule has 0 bridgehead atoms. The van der Waals surface area contributed by atoms with Crippen LogP contribution in [0.5, 0.6) is 0 Å². The molecule has 18 heavy (non-hydrogen) atoms. The van der Waals surface area contributed by atoms with Gasteiger partial charge in [-0.25, -0.2) is 4.79 Å². The summed E-state index contributed by atoms with van der Waals surface area (Å²) in [4.78, 5) is 19.5. The highest BCUT2D eigenvalue weighted by Crippen LogP contribution is 2.32. The molecule has 4 heteroatoms. The van der Waals surface area contributed by atoms with Crippen molar-refractivity contribution in [2.75, 3.05) is 5.75 Å². The Morgan fingerprint density at radius 1 is 1.33 bits per heavy atom. The molecule has 2 aromatic rings. The van der Waals surface area contributed by atoms with Gasteiger partial charge in [0, 0.05) is 16.2 Å². The second-order valence-electron chi connectivity index (χ2n) is 4.53. The van der Waals surface area contributed by atoms with Gasteiger partial charge in [0.2, 0.25) is 0 Å². The molecule has 1 aromatic heterocycles. The molecule has 0 unspecified atom stereocenters. The van der Waals surface area contributed by atoms with E-state index in [9.17, 15) is 4.79 Å². The van der Waals surface area contributed by atoms with Crippen LogP contribution < -0.4 is 5.69 Å². The first-order valence-corrected chi connectivity index (χ1v) is 7.05. The third kappa shape index (κ3) is 2.20. The molecule has 0 radical (unpaired) electrons. The Morgan fingerprint density at radius 3 is 3.06 bits per heavy atom. The minimum atomic E-state index is -0.280. The van der Waals surface area contributed by atoms with E-state index in [0.717, 1.165) is 23.4 Å². The number of benzene rings is 1. The van der Waals surface area contributed by atoms with E-state index in [4.69, 9.17) is 0 Å². The fourth-order valence-electron chi connectivity index (χ4n) is 2.25. The molecule has 1 aliphatic heterocycles. The maximum Gasteiger partial charge on any atom is 0.345 e. The molecule has 0 atom stereocenters. The van der Waals surface area contributed by atoms with Crippen LogP contribution in [0.4, 0.5) is 0 Å². The number of aromatic amines is 1. The van der Waals surface area contributed by atoms with Gasteiger partial charge in [-0.3, -0.25) is 0 Å². The standard InChI is InChI=1S/C14H14N2OS/c1-9-7-12(16-14(17)15-9)10-4-5-13-11(8-10)3-2-6-18-13/h4-5,7-8H,2-3,6H2,1H3,(H,15,16,17). The Labute approximate surface area is 110 Å². The van der Waals surface area contributed by atoms with Crippen LogP contribution in [-0.2, 0) is 6.42 Å². The molecular formula is C14H14N2OS. The normalized spacial score (nSPS) is 14.3. The van der Waals surface area contributed by atoms with Crippen LogP contribution in [0.25, 0.3) is 11.3 Å². The molecule has 0 saturated heterocycles. The van der Waals surface area contributed by atoms with E-state index in [0.29, 0.717) is 0 Å². The first kappa shape index (κ1) is 11.5. The Kier molecular flexibility index (Phi) is 2.96. The van der Waals surface area contributed by atoms with Crippen LogP contribution in [0.3, 0.4) is 0 Å². The zero-order chi connectivity index (χ0) is 12.5. The maximum atomic E-state index is 11.4. The van der Waals surface area contributed by atoms with Crippen LogP contribution in [0.15, 0.2) is 34.0 Å². The lowest BCUT2D eigenvalue weighted by molar-refractivity contribution is 0.890. The first-order chi connectivity index (χ1) is 8.72. The number of nitrogens with one attached hydrogen (secondary N) is 1. The van der Waals surface area contributed by atoms with Crippen LogP contribution >= 0.6 is 11.8 Å². The molecule has 3 rings (SSSR count). The van der Waals surface area contributed by atoms with Gasteiger partial charge in [-0.05, 0) is 49.3 Å². The second-order valence-corrected chi connectivity index (χ2v) is 5.67. The summed E-state index contributed by atoms with van der Waals surface area (Å²) in [5.41, 5.74) is 3.73. The largest absolute Gasteiger partial charge is 0.345 e. The Bertz CT molecular complexity index is 648. The molecule has 0 saturated carbocycles. The minimum absolute atomic E-state index is 0.280. The van der Waals surface area contributed by atoms with E-state index in [1.165, 1.54) is 22.6 Å². The van der Waals surface area contributed by atoms with Crippen LogP contribution in [-0.4, -0.2) is 15.7 Å². The lowest BCUT2D eigenvalue weighted by Gasteiger charge is -2.15. The molecule has 0 aliphatic carbocycles. The molecule has 1 aliphatic rings. The summed E-state index contributed by atoms with van der Waals surface area (Å²) in [6.45, 7) is 1.88. The van der Waals surface area contributed by atoms with Crippen molar-refractivity contribution in [2.45, 2.75) is 24.7 Å². The van der Waals surface area contributed by atoms with Gasteiger partial charge in [0.05, 0.1) is 5.69 Å². The van der Waals surface area contributed by atoms with Crippen LogP contribution in [0.1, 0.15) is 17.7 Å². The molecule has 92 valence electrons. The van der Waals surface area contributed by atoms with Gasteiger partial charge in [0.25, 0.3) is 0 Å². The van der Waals surface area contributed by atoms with Gasteiger partial charge in [0.1, 0.15) is 0 Å². The van der Waals surface area contributed by atoms with Gasteiger partial charge >= 0.3 is 5.69 Å². The summed E-state index contributed by atoms with van der Waals surface area (Å²) >= 11 is 1.91. The number of H-pyrrole nitrogens is 1. The number of fused-ring (bicyclic) bond motifs is 1. The lowest BCUT2D eigenvalue weighted by Crippen LogP contribution is -2.12. The Hall–Kier alpha value is -1.55. The summed E-state index contributed by atoms with van der Waals surface area (Å²) in [5, 5.41) is 0. The van der Waals surface area contributed by atoms with E-state index in [2.05, 4.69) is 28.2 Å². The molecule has 3 nitrogen and oxygen atoms in total. The lowest BCUT2D eigenvalue weighted by atomic mass is 10.0. The molecule has 0 fully saturated rings. The van der Waals surface area contributed by atoms with E-state index in [1.807, 2.05) is 24.8 Å². The number of hydrogen-bond acceptors (Lipinski definition) is 3. The van der Waals surface area contributed by atoms with Gasteiger partial charge < -0.3 is 4.98 Å². The summed E-state index contributed by atoms with van der Waals surface area (Å²) < 4.78 is 0. The number of nitrogens with zero attached hydrogens (tertiary/aromatic N) is 1. The van der Waals surface area contributed by atoms with E-state index in [1.54, 1.807) is 0 Å². The maximum absolute atomic E-state index is 11.4. The van der Waals surface area contributed by atoms with E-state index >= 15 is 0 Å². The SMILES string of the molecule is Cc1cc(-c2ccc3c(c2)CCCS3)nc(=O)[nH]1. The minimum Gasteiger partial charge on any atom is -0.310 e. The van der Waals surface area contributed by atoms with Crippen molar-refractivity contribution in [3.05, 3.63) is 46.0 Å². The molecule has 0 spiro atoms. The molecule has 0 amide bonds. The number of hydrogen-bond donors (Lipinski definition) is 1. The number of rotatable bonds is 1. The predicted molar refractivity (Wildman–Crippen MR) is 74.1 cm³/mol. The zero-order valence-corrected chi connectivity index (χ0v) is 11.0. The van der Waals surface area contributed by atoms with Crippen molar-refractivity contribution in [2.24, 2.45) is 0 Å². The second kappa shape index (κ2) is 4.61. The zero-order valence-electron chi connectivity index (χ0n) is 10.2. The van der Waals surface area contributed by atoms with Gasteiger partial charge in [0.15, 0.2) is 0 Å². The van der Waals surface area contributed by atoms with Gasteiger partial charge in [-0.15, -0.1) is 11.8 Å². The van der Waals surface area contributed by atoms with Crippen LogP contribution in [0.2, 0.25) is 0 Å². The van der Waals surface area contributed by atoms with Crippen molar-refractivity contribution in [1.29, 1.82) is 0 Å². The van der Waals surface area contributed by atoms with Crippen LogP contribution in [0, 0.1) is 6.92 Å². The Morgan fingerprint density at radius 2 is 2.22 bits per heavy atom. The fraction of sp³-hybridized carbons (Fsp3) is 0.286. The fourth-order valence-corrected chi connectivity index (χ4v) is 3.27. The highest BCUT2D eigenvalue weighted by molar-refractivity contribution is 7.99. The van der Waals surface area contributed by atoms with Crippen molar-refractivity contribution < 1.29 is 0 Å². The quantitative estimate of drug-likeness (QED) is 0.855. The Balaban J connectivity index is 2.08. The third-order valence-corrected chi connectivity index (χ3v) is 4.29. The summed E-state index contributed by atoms with van der Waals surface area (Å²) in [5.74, 6) is 1.20. The highest BCUT2D eigenvalue weighted by Gasteiger charge is 2.11. The molecule has 2 heterocycles. The van der Waals surface area contributed by atoms with Gasteiger partial charge in [-0.1, -0.05) is 6.07 Å². The number of thioether (sulfide) groups is 1. The average molecular weight is 258 g/mol. The number of aryl methyl sites for hydroxylation is 2. The van der Waals surface area contributed by atoms with Gasteiger partial charge in [-0.2, -0.15) is 4.98 Å². The summed E-state index contributed by atoms with van der Waals surface area (Å²) in [6.07, 6.45) is 2.35. The van der Waals surface area contributed by atoms with E-state index < -0.39 is 0 Å². The number of aromatic nitrogens is 2. The molecule has 1 aromatic carbocycles. The monoisotopic (exact) mass is 258 g/mol.